The molecule has 2 nitrogen and oxygen atoms in total. The van der Waals surface area contributed by atoms with E-state index in [0.717, 1.165) is 30.4 Å². The maximum absolute atomic E-state index is 11.1. The van der Waals surface area contributed by atoms with Crippen LogP contribution in [0.15, 0.2) is 18.2 Å². The highest BCUT2D eigenvalue weighted by molar-refractivity contribution is 5.80. The van der Waals surface area contributed by atoms with Gasteiger partial charge >= 0.3 is 0 Å². The predicted molar refractivity (Wildman–Crippen MR) is 73.2 cm³/mol. The third-order valence-corrected chi connectivity index (χ3v) is 4.00. The summed E-state index contributed by atoms with van der Waals surface area (Å²) >= 11 is 0. The Morgan fingerprint density at radius 3 is 2.83 bits per heavy atom. The molecule has 2 rings (SSSR count). The molecule has 0 N–H and O–H groups in total. The summed E-state index contributed by atoms with van der Waals surface area (Å²) in [4.78, 5) is 11.1. The van der Waals surface area contributed by atoms with Crippen molar-refractivity contribution < 1.29 is 9.53 Å². The summed E-state index contributed by atoms with van der Waals surface area (Å²) in [7, 11) is 0. The highest BCUT2D eigenvalue weighted by Crippen LogP contribution is 2.32. The SMILES string of the molecule is CCC1CCCCC1Oc1c(C)cccc1C=O. The van der Waals surface area contributed by atoms with Crippen LogP contribution in [0.1, 0.15) is 54.9 Å². The van der Waals surface area contributed by atoms with Gasteiger partial charge in [0.1, 0.15) is 11.9 Å². The van der Waals surface area contributed by atoms with Gasteiger partial charge in [-0.25, -0.2) is 0 Å². The highest BCUT2D eigenvalue weighted by atomic mass is 16.5. The van der Waals surface area contributed by atoms with E-state index in [1.54, 1.807) is 0 Å². The summed E-state index contributed by atoms with van der Waals surface area (Å²) in [6, 6.07) is 5.75. The quantitative estimate of drug-likeness (QED) is 0.746. The molecule has 1 aliphatic rings. The number of hydrogen-bond acceptors (Lipinski definition) is 2. The maximum Gasteiger partial charge on any atom is 0.153 e. The molecule has 0 saturated heterocycles. The third kappa shape index (κ3) is 2.74. The van der Waals surface area contributed by atoms with E-state index < -0.39 is 0 Å². The zero-order chi connectivity index (χ0) is 13.0. The maximum atomic E-state index is 11.1. The minimum atomic E-state index is 0.281. The van der Waals surface area contributed by atoms with Crippen LogP contribution in [0.4, 0.5) is 0 Å². The molecule has 98 valence electrons. The average molecular weight is 246 g/mol. The number of ether oxygens (including phenoxy) is 1. The molecule has 0 heterocycles. The molecule has 0 bridgehead atoms. The second-order valence-corrected chi connectivity index (χ2v) is 5.22. The van der Waals surface area contributed by atoms with E-state index >= 15 is 0 Å². The summed E-state index contributed by atoms with van der Waals surface area (Å²) in [5.74, 6) is 1.43. The lowest BCUT2D eigenvalue weighted by Crippen LogP contribution is -2.30. The molecule has 2 unspecified atom stereocenters. The monoisotopic (exact) mass is 246 g/mol. The van der Waals surface area contributed by atoms with Crippen LogP contribution < -0.4 is 4.74 Å². The fourth-order valence-electron chi connectivity index (χ4n) is 2.88. The lowest BCUT2D eigenvalue weighted by molar-refractivity contribution is 0.0877. The summed E-state index contributed by atoms with van der Waals surface area (Å²) in [6.07, 6.45) is 7.26. The van der Waals surface area contributed by atoms with Gasteiger partial charge in [0.2, 0.25) is 0 Å². The normalized spacial score (nSPS) is 23.7. The van der Waals surface area contributed by atoms with E-state index in [4.69, 9.17) is 4.74 Å². The van der Waals surface area contributed by atoms with Gasteiger partial charge in [-0.2, -0.15) is 0 Å². The lowest BCUT2D eigenvalue weighted by atomic mass is 9.84. The smallest absolute Gasteiger partial charge is 0.153 e. The second-order valence-electron chi connectivity index (χ2n) is 5.22. The van der Waals surface area contributed by atoms with E-state index in [9.17, 15) is 4.79 Å². The fraction of sp³-hybridized carbons (Fsp3) is 0.562. The van der Waals surface area contributed by atoms with Gasteiger partial charge in [0, 0.05) is 0 Å². The molecular weight excluding hydrogens is 224 g/mol. The predicted octanol–water partition coefficient (Wildman–Crippen LogP) is 4.16. The first-order valence-corrected chi connectivity index (χ1v) is 6.97. The van der Waals surface area contributed by atoms with Gasteiger partial charge in [-0.1, -0.05) is 25.5 Å². The van der Waals surface area contributed by atoms with Gasteiger partial charge in [-0.3, -0.25) is 4.79 Å². The molecule has 1 fully saturated rings. The topological polar surface area (TPSA) is 26.3 Å². The van der Waals surface area contributed by atoms with Crippen LogP contribution in [0.3, 0.4) is 0 Å². The van der Waals surface area contributed by atoms with Crippen molar-refractivity contribution in [2.24, 2.45) is 5.92 Å². The Kier molecular flexibility index (Phi) is 4.40. The third-order valence-electron chi connectivity index (χ3n) is 4.00. The Labute approximate surface area is 109 Å². The Balaban J connectivity index is 2.19. The zero-order valence-electron chi connectivity index (χ0n) is 11.3. The molecule has 2 heteroatoms. The van der Waals surface area contributed by atoms with Crippen LogP contribution in [-0.2, 0) is 0 Å². The number of benzene rings is 1. The number of aryl methyl sites for hydroxylation is 1. The highest BCUT2D eigenvalue weighted by Gasteiger charge is 2.26. The van der Waals surface area contributed by atoms with Crippen molar-refractivity contribution in [3.63, 3.8) is 0 Å². The summed E-state index contributed by atoms with van der Waals surface area (Å²) in [6.45, 7) is 4.23. The largest absolute Gasteiger partial charge is 0.489 e. The number of carbonyl (C=O) groups is 1. The minimum Gasteiger partial charge on any atom is -0.489 e. The van der Waals surface area contributed by atoms with Crippen LogP contribution in [0.25, 0.3) is 0 Å². The van der Waals surface area contributed by atoms with E-state index in [-0.39, 0.29) is 6.10 Å². The van der Waals surface area contributed by atoms with Gasteiger partial charge in [0.05, 0.1) is 5.56 Å². The molecule has 1 aliphatic carbocycles. The Bertz CT molecular complexity index is 412. The van der Waals surface area contributed by atoms with E-state index in [2.05, 4.69) is 6.92 Å². The van der Waals surface area contributed by atoms with Crippen molar-refractivity contribution in [2.45, 2.75) is 52.1 Å². The lowest BCUT2D eigenvalue weighted by Gasteiger charge is -2.32. The van der Waals surface area contributed by atoms with Crippen molar-refractivity contribution in [1.29, 1.82) is 0 Å². The van der Waals surface area contributed by atoms with Crippen molar-refractivity contribution >= 4 is 6.29 Å². The van der Waals surface area contributed by atoms with Crippen molar-refractivity contribution in [2.75, 3.05) is 0 Å². The Morgan fingerprint density at radius 1 is 1.33 bits per heavy atom. The number of aldehydes is 1. The van der Waals surface area contributed by atoms with Crippen LogP contribution in [-0.4, -0.2) is 12.4 Å². The van der Waals surface area contributed by atoms with Gasteiger partial charge in [-0.15, -0.1) is 0 Å². The van der Waals surface area contributed by atoms with Crippen LogP contribution in [0, 0.1) is 12.8 Å². The fourth-order valence-corrected chi connectivity index (χ4v) is 2.88. The number of para-hydroxylation sites is 1. The minimum absolute atomic E-state index is 0.281. The van der Waals surface area contributed by atoms with Crippen LogP contribution >= 0.6 is 0 Å². The van der Waals surface area contributed by atoms with E-state index in [1.807, 2.05) is 25.1 Å². The first kappa shape index (κ1) is 13.1. The Morgan fingerprint density at radius 2 is 2.11 bits per heavy atom. The number of hydrogen-bond donors (Lipinski definition) is 0. The molecule has 0 aromatic heterocycles. The molecule has 2 atom stereocenters. The van der Waals surface area contributed by atoms with Crippen molar-refractivity contribution in [1.82, 2.24) is 0 Å². The van der Waals surface area contributed by atoms with Gasteiger partial charge in [0.15, 0.2) is 6.29 Å². The summed E-state index contributed by atoms with van der Waals surface area (Å²) in [5, 5.41) is 0. The molecule has 0 spiro atoms. The number of carbonyl (C=O) groups excluding carboxylic acids is 1. The van der Waals surface area contributed by atoms with Gasteiger partial charge in [0.25, 0.3) is 0 Å². The zero-order valence-corrected chi connectivity index (χ0v) is 11.3. The second kappa shape index (κ2) is 6.03. The summed E-state index contributed by atoms with van der Waals surface area (Å²) in [5.41, 5.74) is 1.73. The molecule has 1 aromatic carbocycles. The standard InChI is InChI=1S/C16H22O2/c1-3-13-8-4-5-10-15(13)18-16-12(2)7-6-9-14(16)11-17/h6-7,9,11,13,15H,3-5,8,10H2,1-2H3. The molecule has 1 aromatic rings. The molecule has 1 saturated carbocycles. The molecule has 0 amide bonds. The van der Waals surface area contributed by atoms with Gasteiger partial charge < -0.3 is 4.74 Å². The Hall–Kier alpha value is -1.31. The van der Waals surface area contributed by atoms with E-state index in [1.165, 1.54) is 19.3 Å². The van der Waals surface area contributed by atoms with Crippen LogP contribution in [0.5, 0.6) is 5.75 Å². The number of rotatable bonds is 4. The molecule has 0 aliphatic heterocycles. The first-order chi connectivity index (χ1) is 8.76. The molecule has 18 heavy (non-hydrogen) atoms. The van der Waals surface area contributed by atoms with E-state index in [0.29, 0.717) is 11.5 Å². The van der Waals surface area contributed by atoms with Crippen molar-refractivity contribution in [3.05, 3.63) is 29.3 Å². The summed E-state index contributed by atoms with van der Waals surface area (Å²) < 4.78 is 6.18. The average Bonchev–Trinajstić information content (AvgIpc) is 2.41. The molecule has 0 radical (unpaired) electrons. The first-order valence-electron chi connectivity index (χ1n) is 6.97. The van der Waals surface area contributed by atoms with Crippen molar-refractivity contribution in [3.8, 4) is 5.75 Å². The van der Waals surface area contributed by atoms with Crippen LogP contribution in [0.2, 0.25) is 0 Å². The van der Waals surface area contributed by atoms with Gasteiger partial charge in [-0.05, 0) is 50.2 Å². The molecular formula is C16H22O2.